The zero-order valence-electron chi connectivity index (χ0n) is 16.8. The van der Waals surface area contributed by atoms with E-state index in [9.17, 15) is 4.79 Å². The first-order valence-electron chi connectivity index (χ1n) is 10.1. The van der Waals surface area contributed by atoms with Crippen LogP contribution < -0.4 is 0 Å². The molecule has 1 fully saturated rings. The van der Waals surface area contributed by atoms with E-state index in [-0.39, 0.29) is 23.2 Å². The number of hydrogen-bond acceptors (Lipinski definition) is 3. The minimum absolute atomic E-state index is 0.0505. The molecule has 0 radical (unpaired) electrons. The molecule has 24 heavy (non-hydrogen) atoms. The van der Waals surface area contributed by atoms with Crippen LogP contribution in [0, 0.1) is 0 Å². The van der Waals surface area contributed by atoms with Gasteiger partial charge in [-0.05, 0) is 53.4 Å². The molecule has 0 aromatic rings. The maximum atomic E-state index is 11.7. The van der Waals surface area contributed by atoms with Gasteiger partial charge in [0.2, 0.25) is 0 Å². The highest BCUT2D eigenvalue weighted by Crippen LogP contribution is 2.28. The number of hydrogen-bond donors (Lipinski definition) is 0. The summed E-state index contributed by atoms with van der Waals surface area (Å²) in [7, 11) is 2.30. The van der Waals surface area contributed by atoms with Gasteiger partial charge in [-0.15, -0.1) is 0 Å². The van der Waals surface area contributed by atoms with Gasteiger partial charge in [-0.2, -0.15) is 0 Å². The number of esters is 1. The summed E-state index contributed by atoms with van der Waals surface area (Å²) in [4.78, 5) is 11.7. The third-order valence-electron chi connectivity index (χ3n) is 4.81. The first kappa shape index (κ1) is 21.5. The summed E-state index contributed by atoms with van der Waals surface area (Å²) >= 11 is 0. The Kier molecular flexibility index (Phi) is 9.40. The van der Waals surface area contributed by atoms with Crippen molar-refractivity contribution < 1.29 is 14.3 Å². The molecule has 1 aliphatic carbocycles. The van der Waals surface area contributed by atoms with Crippen LogP contribution in [0.25, 0.3) is 0 Å². The van der Waals surface area contributed by atoms with Crippen molar-refractivity contribution in [1.82, 2.24) is 0 Å². The fourth-order valence-electron chi connectivity index (χ4n) is 3.59. The maximum absolute atomic E-state index is 11.7. The Hall–Kier alpha value is -0.505. The van der Waals surface area contributed by atoms with E-state index in [1.165, 1.54) is 51.4 Å². The van der Waals surface area contributed by atoms with Gasteiger partial charge in [-0.3, -0.25) is 4.79 Å². The maximum Gasteiger partial charge on any atom is 0.306 e. The molecule has 1 aliphatic rings. The standard InChI is InChI=1S/C20H39BO3/c1-17(13-9-10-14-18(22)24-19(2,3)4)23-20(21)15-11-7-5-6-8-12-16-20/h17H,5-16,21H2,1-4H3. The molecule has 1 rings (SSSR count). The van der Waals surface area contributed by atoms with Crippen LogP contribution in [0.1, 0.15) is 105 Å². The first-order valence-corrected chi connectivity index (χ1v) is 10.1. The number of unbranched alkanes of at least 4 members (excludes halogenated alkanes) is 1. The summed E-state index contributed by atoms with van der Waals surface area (Å²) in [5.74, 6) is -0.0840. The highest BCUT2D eigenvalue weighted by Gasteiger charge is 2.27. The molecule has 0 N–H and O–H groups in total. The summed E-state index contributed by atoms with van der Waals surface area (Å²) < 4.78 is 11.8. The summed E-state index contributed by atoms with van der Waals surface area (Å²) in [6.07, 6.45) is 14.2. The van der Waals surface area contributed by atoms with E-state index in [2.05, 4.69) is 14.8 Å². The lowest BCUT2D eigenvalue weighted by molar-refractivity contribution is -0.155. The van der Waals surface area contributed by atoms with Crippen molar-refractivity contribution in [2.24, 2.45) is 0 Å². The van der Waals surface area contributed by atoms with E-state index < -0.39 is 0 Å². The first-order chi connectivity index (χ1) is 11.2. The second-order valence-corrected chi connectivity index (χ2v) is 8.83. The molecule has 0 heterocycles. The van der Waals surface area contributed by atoms with Crippen molar-refractivity contribution in [3.8, 4) is 0 Å². The van der Waals surface area contributed by atoms with Crippen molar-refractivity contribution in [3.63, 3.8) is 0 Å². The average molecular weight is 338 g/mol. The third kappa shape index (κ3) is 10.4. The van der Waals surface area contributed by atoms with Crippen molar-refractivity contribution in [2.75, 3.05) is 0 Å². The predicted molar refractivity (Wildman–Crippen MR) is 103 cm³/mol. The monoisotopic (exact) mass is 338 g/mol. The molecule has 4 heteroatoms. The van der Waals surface area contributed by atoms with Gasteiger partial charge < -0.3 is 9.47 Å². The van der Waals surface area contributed by atoms with E-state index in [1.807, 2.05) is 20.8 Å². The molecule has 140 valence electrons. The molecule has 3 nitrogen and oxygen atoms in total. The van der Waals surface area contributed by atoms with Gasteiger partial charge in [-0.25, -0.2) is 0 Å². The van der Waals surface area contributed by atoms with Crippen LogP contribution in [0.2, 0.25) is 0 Å². The van der Waals surface area contributed by atoms with E-state index in [4.69, 9.17) is 9.47 Å². The van der Waals surface area contributed by atoms with Crippen LogP contribution in [0.15, 0.2) is 0 Å². The third-order valence-corrected chi connectivity index (χ3v) is 4.81. The summed E-state index contributed by atoms with van der Waals surface area (Å²) in [6, 6.07) is 0. The molecule has 1 saturated carbocycles. The Morgan fingerprint density at radius 3 is 2.12 bits per heavy atom. The van der Waals surface area contributed by atoms with Gasteiger partial charge in [0.05, 0.1) is 6.10 Å². The zero-order chi connectivity index (χ0) is 18.1. The Bertz CT molecular complexity index is 352. The summed E-state index contributed by atoms with van der Waals surface area (Å²) in [6.45, 7) is 7.93. The van der Waals surface area contributed by atoms with Crippen molar-refractivity contribution in [3.05, 3.63) is 0 Å². The number of carbonyl (C=O) groups excluding carboxylic acids is 1. The molecule has 1 atom stereocenters. The predicted octanol–water partition coefficient (Wildman–Crippen LogP) is 4.76. The van der Waals surface area contributed by atoms with Crippen LogP contribution >= 0.6 is 0 Å². The number of carbonyl (C=O) groups is 1. The number of rotatable bonds is 7. The number of ether oxygens (including phenoxy) is 2. The molecule has 1 unspecified atom stereocenters. The molecular weight excluding hydrogens is 299 g/mol. The van der Waals surface area contributed by atoms with Gasteiger partial charge >= 0.3 is 5.97 Å². The molecule has 0 aromatic heterocycles. The van der Waals surface area contributed by atoms with E-state index >= 15 is 0 Å². The Balaban J connectivity index is 2.24. The van der Waals surface area contributed by atoms with Crippen LogP contribution in [-0.2, 0) is 14.3 Å². The van der Waals surface area contributed by atoms with Crippen molar-refractivity contribution in [2.45, 2.75) is 122 Å². The van der Waals surface area contributed by atoms with E-state index in [1.54, 1.807) is 0 Å². The zero-order valence-corrected chi connectivity index (χ0v) is 16.8. The second-order valence-electron chi connectivity index (χ2n) is 8.83. The van der Waals surface area contributed by atoms with Gasteiger partial charge in [-0.1, -0.05) is 44.9 Å². The molecule has 0 aliphatic heterocycles. The Labute approximate surface area is 150 Å². The fraction of sp³-hybridized carbons (Fsp3) is 0.950. The highest BCUT2D eigenvalue weighted by atomic mass is 16.6. The van der Waals surface area contributed by atoms with Gasteiger partial charge in [0.15, 0.2) is 0 Å². The SMILES string of the molecule is BC1(OC(C)CCCCC(=O)OC(C)(C)C)CCCCCCCC1. The summed E-state index contributed by atoms with van der Waals surface area (Å²) in [5, 5.41) is 0. The summed E-state index contributed by atoms with van der Waals surface area (Å²) in [5.41, 5.74) is -0.325. The lowest BCUT2D eigenvalue weighted by Gasteiger charge is -2.33. The Morgan fingerprint density at radius 1 is 1.04 bits per heavy atom. The van der Waals surface area contributed by atoms with Gasteiger partial charge in [0.25, 0.3) is 0 Å². The second kappa shape index (κ2) is 10.5. The van der Waals surface area contributed by atoms with Crippen LogP contribution in [0.4, 0.5) is 0 Å². The van der Waals surface area contributed by atoms with Crippen LogP contribution in [-0.4, -0.2) is 31.0 Å². The Morgan fingerprint density at radius 2 is 1.58 bits per heavy atom. The van der Waals surface area contributed by atoms with E-state index in [0.717, 1.165) is 19.3 Å². The molecule has 0 saturated heterocycles. The normalized spacial score (nSPS) is 20.5. The van der Waals surface area contributed by atoms with Crippen LogP contribution in [0.5, 0.6) is 0 Å². The van der Waals surface area contributed by atoms with Crippen molar-refractivity contribution in [1.29, 1.82) is 0 Å². The topological polar surface area (TPSA) is 35.5 Å². The molecule has 0 bridgehead atoms. The quantitative estimate of drug-likeness (QED) is 0.381. The lowest BCUT2D eigenvalue weighted by atomic mass is 9.73. The minimum atomic E-state index is -0.376. The highest BCUT2D eigenvalue weighted by molar-refractivity contribution is 6.14. The molecule has 0 spiro atoms. The minimum Gasteiger partial charge on any atom is -0.460 e. The average Bonchev–Trinajstić information content (AvgIpc) is 2.54. The molecule has 0 amide bonds. The van der Waals surface area contributed by atoms with Gasteiger partial charge in [0.1, 0.15) is 13.4 Å². The van der Waals surface area contributed by atoms with E-state index in [0.29, 0.717) is 6.42 Å². The fourth-order valence-corrected chi connectivity index (χ4v) is 3.59. The molecule has 0 aromatic carbocycles. The van der Waals surface area contributed by atoms with Crippen LogP contribution in [0.3, 0.4) is 0 Å². The lowest BCUT2D eigenvalue weighted by Crippen LogP contribution is -2.36. The smallest absolute Gasteiger partial charge is 0.306 e. The molecular formula is C20H39BO3. The largest absolute Gasteiger partial charge is 0.460 e. The van der Waals surface area contributed by atoms with Crippen molar-refractivity contribution >= 4 is 13.8 Å². The van der Waals surface area contributed by atoms with Gasteiger partial charge in [0, 0.05) is 11.9 Å².